The fourth-order valence-corrected chi connectivity index (χ4v) is 8.54. The van der Waals surface area contributed by atoms with Crippen molar-refractivity contribution in [3.8, 4) is 62.2 Å². The van der Waals surface area contributed by atoms with E-state index in [4.69, 9.17) is 24.1 Å². The number of benzene rings is 8. The molecule has 7 heteroatoms. The molecule has 0 aliphatic carbocycles. The van der Waals surface area contributed by atoms with Gasteiger partial charge in [-0.2, -0.15) is 12.1 Å². The Labute approximate surface area is 393 Å². The predicted molar refractivity (Wildman–Crippen MR) is 250 cm³/mol. The van der Waals surface area contributed by atoms with Gasteiger partial charge < -0.3 is 23.8 Å². The van der Waals surface area contributed by atoms with Crippen LogP contribution in [0.2, 0.25) is 0 Å². The van der Waals surface area contributed by atoms with E-state index in [1.807, 2.05) is 85.5 Å². The Morgan fingerprint density at radius 1 is 0.619 bits per heavy atom. The maximum absolute atomic E-state index is 9.28. The Kier molecular flexibility index (Phi) is 7.33. The zero-order valence-electron chi connectivity index (χ0n) is 42.1. The molecule has 0 saturated heterocycles. The van der Waals surface area contributed by atoms with E-state index in [2.05, 4.69) is 52.3 Å². The van der Waals surface area contributed by atoms with Gasteiger partial charge in [-0.25, -0.2) is 4.98 Å². The third-order valence-electron chi connectivity index (χ3n) is 11.3. The fraction of sp³-hybridized carbons (Fsp3) is 0.0357. The molecule has 10 bridgehead atoms. The van der Waals surface area contributed by atoms with Gasteiger partial charge in [-0.3, -0.25) is 0 Å². The second-order valence-electron chi connectivity index (χ2n) is 15.0. The summed E-state index contributed by atoms with van der Waals surface area (Å²) in [5.74, 6) is 1.42. The summed E-state index contributed by atoms with van der Waals surface area (Å²) in [5.41, 5.74) is 7.41. The van der Waals surface area contributed by atoms with Crippen LogP contribution in [-0.2, 0) is 21.1 Å². The van der Waals surface area contributed by atoms with E-state index in [0.29, 0.717) is 33.9 Å². The fourth-order valence-electron chi connectivity index (χ4n) is 8.54. The van der Waals surface area contributed by atoms with Crippen molar-refractivity contribution in [3.63, 3.8) is 0 Å². The first kappa shape index (κ1) is 29.8. The van der Waals surface area contributed by atoms with E-state index in [-0.39, 0.29) is 60.2 Å². The van der Waals surface area contributed by atoms with Crippen LogP contribution in [0.5, 0.6) is 23.0 Å². The Bertz CT molecular complexity index is 3800. The van der Waals surface area contributed by atoms with E-state index in [0.717, 1.165) is 39.3 Å². The third-order valence-corrected chi connectivity index (χ3v) is 11.3. The number of para-hydroxylation sites is 4. The van der Waals surface area contributed by atoms with Gasteiger partial charge in [-0.05, 0) is 78.2 Å². The number of hydrogen-bond donors (Lipinski definition) is 0. The van der Waals surface area contributed by atoms with Gasteiger partial charge in [0.25, 0.3) is 0 Å². The Balaban J connectivity index is 0.00000560. The zero-order valence-corrected chi connectivity index (χ0v) is 35.4. The van der Waals surface area contributed by atoms with Crippen molar-refractivity contribution in [3.05, 3.63) is 212 Å². The molecule has 3 aliphatic rings. The van der Waals surface area contributed by atoms with Crippen molar-refractivity contribution < 1.29 is 42.9 Å². The third kappa shape index (κ3) is 6.57. The number of fused-ring (bicyclic) bond motifs is 5. The van der Waals surface area contributed by atoms with Crippen molar-refractivity contribution in [1.82, 2.24) is 9.55 Å². The summed E-state index contributed by atoms with van der Waals surface area (Å²) >= 11 is 0. The van der Waals surface area contributed by atoms with Crippen molar-refractivity contribution in [2.45, 2.75) is 13.7 Å². The second kappa shape index (κ2) is 15.5. The molecule has 13 rings (SSSR count). The molecule has 0 spiro atoms. The van der Waals surface area contributed by atoms with Crippen molar-refractivity contribution in [2.24, 2.45) is 0 Å². The summed E-state index contributed by atoms with van der Waals surface area (Å²) in [6, 6.07) is 54.8. The molecule has 5 heterocycles. The summed E-state index contributed by atoms with van der Waals surface area (Å²) < 4.78 is 93.5. The minimum Gasteiger partial charge on any atom is -0.509 e. The summed E-state index contributed by atoms with van der Waals surface area (Å²) in [4.78, 5) is 9.06. The Morgan fingerprint density at radius 2 is 1.37 bits per heavy atom. The van der Waals surface area contributed by atoms with E-state index >= 15 is 0 Å². The number of nitrogens with zero attached hydrogens (tertiary/aromatic N) is 4. The number of pyridine rings is 1. The van der Waals surface area contributed by atoms with Crippen LogP contribution < -0.4 is 19.3 Å². The van der Waals surface area contributed by atoms with E-state index in [1.165, 1.54) is 16.8 Å². The number of ether oxygens (including phenoxy) is 2. The molecule has 3 aliphatic heterocycles. The maximum Gasteiger partial charge on any atom is 0.135 e. The molecule has 0 amide bonds. The molecule has 0 saturated carbocycles. The SMILES string of the molecule is [2H]c1c(C([2H])([2H])[2H])c([2H])c2c3ccc4[c-]c3n(c2c1[2H])-c1cc(C([2H])([2H])[2H])c(cn1)-c1ccccc1Oc1cccc(c1)-c1cccc(-c2ccccc2)c1N1[CH-]N(c2[c-]c(ccc2)O4)c2ccccc21.[Pt]. The van der Waals surface area contributed by atoms with Crippen LogP contribution in [0.1, 0.15) is 23.5 Å². The molecule has 0 radical (unpaired) electrons. The number of rotatable bonds is 1. The maximum atomic E-state index is 9.28. The normalized spacial score (nSPS) is 15.1. The standard InChI is InChI=1S/C56H37N4O2.Pt/c1-36-25-28-50-48(29-36)46-27-26-43-33-53(46)60(50)55-30-37(2)49(34-57-55)47-19-6-9-24-54(47)62-41-17-10-15-39(31-41)45-21-12-20-44(38-13-4-3-5-14-38)56(45)59-35-58(51-22-7-8-23-52(51)59)40-16-11-18-42(32-40)61-43;/h3-31,34-35H,1-2H3;/q-3;/i1D3,2D3,25D,28D,29D;. The Hall–Kier alpha value is -7.40. The largest absolute Gasteiger partial charge is 0.509 e. The molecule has 6 nitrogen and oxygen atoms in total. The number of hydrogen-bond acceptors (Lipinski definition) is 5. The van der Waals surface area contributed by atoms with Crippen molar-refractivity contribution in [1.29, 1.82) is 0 Å². The summed E-state index contributed by atoms with van der Waals surface area (Å²) in [6.45, 7) is -3.56. The molecule has 0 N–H and O–H groups in total. The number of aryl methyl sites for hydroxylation is 1. The van der Waals surface area contributed by atoms with Crippen LogP contribution in [0.3, 0.4) is 0 Å². The molecular formula is C56H37N4O2Pt-3. The van der Waals surface area contributed by atoms with Gasteiger partial charge >= 0.3 is 0 Å². The molecule has 0 fully saturated rings. The van der Waals surface area contributed by atoms with Gasteiger partial charge in [0, 0.05) is 91.8 Å². The molecule has 10 aromatic rings. The number of anilines is 4. The van der Waals surface area contributed by atoms with E-state index < -0.39 is 37.4 Å². The van der Waals surface area contributed by atoms with Gasteiger partial charge in [-0.1, -0.05) is 114 Å². The molecular weight excluding hydrogens is 956 g/mol. The first-order valence-corrected chi connectivity index (χ1v) is 20.0. The topological polar surface area (TPSA) is 42.8 Å². The minimum atomic E-state index is -2.89. The molecule has 0 atom stereocenters. The van der Waals surface area contributed by atoms with Crippen LogP contribution in [-0.4, -0.2) is 9.55 Å². The molecule has 0 unspecified atom stereocenters. The monoisotopic (exact) mass is 1000 g/mol. The molecule has 8 aromatic carbocycles. The van der Waals surface area contributed by atoms with Crippen LogP contribution >= 0.6 is 0 Å². The summed E-state index contributed by atoms with van der Waals surface area (Å²) in [5, 5.41) is 0.386. The van der Waals surface area contributed by atoms with Crippen LogP contribution in [0.4, 0.5) is 22.7 Å². The van der Waals surface area contributed by atoms with Crippen LogP contribution in [0.15, 0.2) is 182 Å². The zero-order chi connectivity index (χ0) is 48.9. The number of aromatic nitrogens is 2. The van der Waals surface area contributed by atoms with Gasteiger partial charge in [-0.15, -0.1) is 48.1 Å². The average molecular weight is 1000 g/mol. The first-order valence-electron chi connectivity index (χ1n) is 24.5. The van der Waals surface area contributed by atoms with Gasteiger partial charge in [0.1, 0.15) is 17.3 Å². The van der Waals surface area contributed by atoms with Gasteiger partial charge in [0.15, 0.2) is 0 Å². The molecule has 63 heavy (non-hydrogen) atoms. The van der Waals surface area contributed by atoms with Crippen molar-refractivity contribution >= 4 is 44.6 Å². The average Bonchev–Trinajstić information content (AvgIpc) is 3.92. The van der Waals surface area contributed by atoms with Gasteiger partial charge in [0.05, 0.1) is 4.11 Å². The second-order valence-corrected chi connectivity index (χ2v) is 15.0. The molecule has 2 aromatic heterocycles. The van der Waals surface area contributed by atoms with Crippen molar-refractivity contribution in [2.75, 3.05) is 9.80 Å². The minimum absolute atomic E-state index is 0. The predicted octanol–water partition coefficient (Wildman–Crippen LogP) is 14.7. The smallest absolute Gasteiger partial charge is 0.135 e. The van der Waals surface area contributed by atoms with E-state index in [1.54, 1.807) is 42.5 Å². The van der Waals surface area contributed by atoms with Gasteiger partial charge in [0.2, 0.25) is 0 Å². The quantitative estimate of drug-likeness (QED) is 0.153. The first-order chi connectivity index (χ1) is 34.2. The van der Waals surface area contributed by atoms with Crippen LogP contribution in [0, 0.1) is 32.5 Å². The summed E-state index contributed by atoms with van der Waals surface area (Å²) in [6.07, 6.45) is 1.43. The molecule has 306 valence electrons. The van der Waals surface area contributed by atoms with Crippen LogP contribution in [0.25, 0.3) is 61.0 Å². The Morgan fingerprint density at radius 3 is 2.24 bits per heavy atom. The summed E-state index contributed by atoms with van der Waals surface area (Å²) in [7, 11) is 0. The van der Waals surface area contributed by atoms with E-state index in [9.17, 15) is 2.74 Å².